The van der Waals surface area contributed by atoms with E-state index in [-0.39, 0.29) is 31.2 Å². The summed E-state index contributed by atoms with van der Waals surface area (Å²) in [6.07, 6.45) is 0. The van der Waals surface area contributed by atoms with Gasteiger partial charge in [0.05, 0.1) is 23.3 Å². The van der Waals surface area contributed by atoms with Gasteiger partial charge in [-0.15, -0.1) is 0 Å². The Bertz CT molecular complexity index is 1070. The van der Waals surface area contributed by atoms with Gasteiger partial charge in [-0.1, -0.05) is 24.3 Å². The number of hydroxylamine groups is 2. The number of nitrogens with zero attached hydrogens (tertiary/aromatic N) is 4. The number of halogens is 1. The lowest BCUT2D eigenvalue weighted by atomic mass is 10.0. The zero-order valence-corrected chi connectivity index (χ0v) is 17.7. The second-order valence-corrected chi connectivity index (χ2v) is 9.71. The van der Waals surface area contributed by atoms with Crippen LogP contribution in [0.4, 0.5) is 15.8 Å². The van der Waals surface area contributed by atoms with Crippen LogP contribution < -0.4 is 4.90 Å². The van der Waals surface area contributed by atoms with Crippen LogP contribution in [0.15, 0.2) is 48.5 Å². The second-order valence-electron chi connectivity index (χ2n) is 7.56. The molecule has 2 heterocycles. The van der Waals surface area contributed by atoms with Gasteiger partial charge in [-0.25, -0.2) is 12.8 Å². The van der Waals surface area contributed by atoms with Crippen molar-refractivity contribution in [3.8, 4) is 0 Å². The van der Waals surface area contributed by atoms with E-state index in [9.17, 15) is 22.9 Å². The van der Waals surface area contributed by atoms with Gasteiger partial charge < -0.3 is 4.90 Å². The minimum Gasteiger partial charge on any atom is -0.367 e. The first-order chi connectivity index (χ1) is 14.8. The van der Waals surface area contributed by atoms with Crippen LogP contribution in [0, 0.1) is 15.9 Å². The van der Waals surface area contributed by atoms with Crippen molar-refractivity contribution in [2.75, 3.05) is 44.7 Å². The molecule has 31 heavy (non-hydrogen) atoms. The molecule has 0 radical (unpaired) electrons. The summed E-state index contributed by atoms with van der Waals surface area (Å²) in [5.74, 6) is -0.338. The van der Waals surface area contributed by atoms with Crippen LogP contribution in [0.1, 0.15) is 11.6 Å². The van der Waals surface area contributed by atoms with Crippen molar-refractivity contribution < 1.29 is 22.6 Å². The van der Waals surface area contributed by atoms with Crippen molar-refractivity contribution in [2.45, 2.75) is 11.3 Å². The summed E-state index contributed by atoms with van der Waals surface area (Å²) in [6.45, 7) is 1.13. The first-order valence-electron chi connectivity index (χ1n) is 9.87. The lowest BCUT2D eigenvalue weighted by Crippen LogP contribution is -2.52. The van der Waals surface area contributed by atoms with Crippen LogP contribution in [0.3, 0.4) is 0 Å². The maximum atomic E-state index is 14.1. The van der Waals surface area contributed by atoms with E-state index in [0.29, 0.717) is 24.3 Å². The average Bonchev–Trinajstić information content (AvgIpc) is 3.16. The average molecular weight is 450 g/mol. The number of nitro groups is 1. The van der Waals surface area contributed by atoms with E-state index in [2.05, 4.69) is 0 Å². The molecule has 2 saturated heterocycles. The number of para-hydroxylation sites is 1. The zero-order valence-electron chi connectivity index (χ0n) is 16.9. The van der Waals surface area contributed by atoms with Gasteiger partial charge in [0.2, 0.25) is 10.0 Å². The van der Waals surface area contributed by atoms with Crippen molar-refractivity contribution in [3.63, 3.8) is 0 Å². The Kier molecular flexibility index (Phi) is 5.93. The normalized spacial score (nSPS) is 23.2. The fourth-order valence-corrected chi connectivity index (χ4v) is 6.12. The van der Waals surface area contributed by atoms with E-state index >= 15 is 0 Å². The molecule has 2 aliphatic heterocycles. The van der Waals surface area contributed by atoms with E-state index in [4.69, 9.17) is 4.84 Å². The van der Waals surface area contributed by atoms with Gasteiger partial charge in [0.15, 0.2) is 0 Å². The summed E-state index contributed by atoms with van der Waals surface area (Å²) in [7, 11) is -2.14. The Balaban J connectivity index is 1.53. The molecule has 2 aromatic carbocycles. The van der Waals surface area contributed by atoms with Crippen LogP contribution in [0.25, 0.3) is 0 Å². The number of hydrogen-bond acceptors (Lipinski definition) is 7. The van der Waals surface area contributed by atoms with Crippen LogP contribution >= 0.6 is 0 Å². The summed E-state index contributed by atoms with van der Waals surface area (Å²) < 4.78 is 42.4. The standard InChI is InChI=1S/C20H23FN4O5S/c1-22-20(15-5-4-6-16(13-15)25(26)27)19(14-30-22)31(28,29)24-11-9-23(10-12-24)18-8-3-2-7-17(18)21/h2-8,13,19-20H,9-12,14H2,1H3/t19-,20-/m0/s1. The number of rotatable bonds is 5. The van der Waals surface area contributed by atoms with E-state index in [1.807, 2.05) is 4.90 Å². The Morgan fingerprint density at radius 2 is 1.81 bits per heavy atom. The molecular weight excluding hydrogens is 427 g/mol. The molecule has 11 heteroatoms. The van der Waals surface area contributed by atoms with Crippen molar-refractivity contribution in [3.05, 3.63) is 70.0 Å². The Labute approximate surface area is 179 Å². The van der Waals surface area contributed by atoms with Gasteiger partial charge in [-0.05, 0) is 17.7 Å². The molecule has 2 aliphatic rings. The highest BCUT2D eigenvalue weighted by molar-refractivity contribution is 7.89. The number of sulfonamides is 1. The monoisotopic (exact) mass is 450 g/mol. The van der Waals surface area contributed by atoms with Crippen LogP contribution in [0.2, 0.25) is 0 Å². The third-order valence-electron chi connectivity index (χ3n) is 5.78. The molecule has 0 aromatic heterocycles. The molecule has 9 nitrogen and oxygen atoms in total. The van der Waals surface area contributed by atoms with Gasteiger partial charge in [0.1, 0.15) is 11.1 Å². The second kappa shape index (κ2) is 8.50. The number of anilines is 1. The fourth-order valence-electron chi connectivity index (χ4n) is 4.18. The molecule has 0 saturated carbocycles. The maximum absolute atomic E-state index is 14.1. The highest BCUT2D eigenvalue weighted by atomic mass is 32.2. The number of nitro benzene ring substituents is 1. The number of piperazine rings is 1. The highest BCUT2D eigenvalue weighted by Crippen LogP contribution is 2.36. The molecule has 2 aromatic rings. The molecule has 4 rings (SSSR count). The molecule has 0 unspecified atom stereocenters. The lowest BCUT2D eigenvalue weighted by molar-refractivity contribution is -0.385. The number of hydrogen-bond donors (Lipinski definition) is 0. The first-order valence-corrected chi connectivity index (χ1v) is 11.4. The molecular formula is C20H23FN4O5S. The number of non-ortho nitro benzene ring substituents is 1. The van der Waals surface area contributed by atoms with E-state index in [1.165, 1.54) is 33.6 Å². The molecule has 2 atom stereocenters. The Hall–Kier alpha value is -2.60. The van der Waals surface area contributed by atoms with Gasteiger partial charge in [-0.3, -0.25) is 15.0 Å². The van der Waals surface area contributed by atoms with Gasteiger partial charge in [0, 0.05) is 45.4 Å². The lowest BCUT2D eigenvalue weighted by Gasteiger charge is -2.37. The van der Waals surface area contributed by atoms with Crippen molar-refractivity contribution in [1.29, 1.82) is 0 Å². The molecule has 0 N–H and O–H groups in total. The molecule has 0 spiro atoms. The summed E-state index contributed by atoms with van der Waals surface area (Å²) >= 11 is 0. The van der Waals surface area contributed by atoms with E-state index in [0.717, 1.165) is 0 Å². The minimum absolute atomic E-state index is 0.0419. The molecule has 166 valence electrons. The van der Waals surface area contributed by atoms with Gasteiger partial charge >= 0.3 is 0 Å². The van der Waals surface area contributed by atoms with E-state index in [1.54, 1.807) is 31.3 Å². The summed E-state index contributed by atoms with van der Waals surface area (Å²) in [4.78, 5) is 18.0. The summed E-state index contributed by atoms with van der Waals surface area (Å²) in [5.41, 5.74) is 0.859. The SMILES string of the molecule is CN1OC[C@H](S(=O)(=O)N2CCN(c3ccccc3F)CC2)[C@@H]1c1cccc([N+](=O)[O-])c1. The maximum Gasteiger partial charge on any atom is 0.269 e. The summed E-state index contributed by atoms with van der Waals surface area (Å²) in [5, 5.41) is 11.7. The fraction of sp³-hybridized carbons (Fsp3) is 0.400. The highest BCUT2D eigenvalue weighted by Gasteiger charge is 2.46. The van der Waals surface area contributed by atoms with E-state index < -0.39 is 26.2 Å². The Morgan fingerprint density at radius 1 is 1.10 bits per heavy atom. The molecule has 0 aliphatic carbocycles. The quantitative estimate of drug-likeness (QED) is 0.509. The van der Waals surface area contributed by atoms with Crippen LogP contribution in [-0.2, 0) is 14.9 Å². The topological polar surface area (TPSA) is 96.2 Å². The summed E-state index contributed by atoms with van der Waals surface area (Å²) in [6, 6.07) is 11.7. The predicted octanol–water partition coefficient (Wildman–Crippen LogP) is 2.17. The van der Waals surface area contributed by atoms with Gasteiger partial charge in [-0.2, -0.15) is 9.37 Å². The molecule has 0 amide bonds. The van der Waals surface area contributed by atoms with Crippen LogP contribution in [-0.4, -0.2) is 67.8 Å². The third kappa shape index (κ3) is 4.13. The smallest absolute Gasteiger partial charge is 0.269 e. The zero-order chi connectivity index (χ0) is 22.2. The Morgan fingerprint density at radius 3 is 2.48 bits per heavy atom. The van der Waals surface area contributed by atoms with Gasteiger partial charge in [0.25, 0.3) is 5.69 Å². The largest absolute Gasteiger partial charge is 0.367 e. The van der Waals surface area contributed by atoms with Crippen molar-refractivity contribution >= 4 is 21.4 Å². The minimum atomic E-state index is -3.76. The first kappa shape index (κ1) is 21.6. The molecule has 2 fully saturated rings. The third-order valence-corrected chi connectivity index (χ3v) is 8.03. The van der Waals surface area contributed by atoms with Crippen molar-refractivity contribution in [2.24, 2.45) is 0 Å². The number of benzene rings is 2. The van der Waals surface area contributed by atoms with Crippen molar-refractivity contribution in [1.82, 2.24) is 9.37 Å². The van der Waals surface area contributed by atoms with Crippen LogP contribution in [0.5, 0.6) is 0 Å². The molecule has 0 bridgehead atoms. The predicted molar refractivity (Wildman–Crippen MR) is 112 cm³/mol.